The van der Waals surface area contributed by atoms with Crippen molar-refractivity contribution in [3.05, 3.63) is 210 Å². The minimum atomic E-state index is -0.348. The largest absolute Gasteiger partial charge is 0.207 e. The number of aryl methyl sites for hydroxylation is 8. The van der Waals surface area contributed by atoms with Crippen molar-refractivity contribution >= 4 is 0 Å². The second-order valence-corrected chi connectivity index (χ2v) is 13.6. The fourth-order valence-corrected chi connectivity index (χ4v) is 5.95. The monoisotopic (exact) mass is 704 g/mol. The van der Waals surface area contributed by atoms with Crippen LogP contribution in [0.3, 0.4) is 0 Å². The third-order valence-electron chi connectivity index (χ3n) is 8.79. The molecule has 0 aliphatic heterocycles. The maximum atomic E-state index is 14.4. The maximum absolute atomic E-state index is 14.4. The van der Waals surface area contributed by atoms with Gasteiger partial charge in [-0.2, -0.15) is 0 Å². The molecule has 0 heterocycles. The molecule has 0 N–H and O–H groups in total. The first-order valence-corrected chi connectivity index (χ1v) is 17.8. The van der Waals surface area contributed by atoms with Crippen LogP contribution in [0, 0.1) is 114 Å². The van der Waals surface area contributed by atoms with Gasteiger partial charge in [0.2, 0.25) is 0 Å². The van der Waals surface area contributed by atoms with Crippen LogP contribution < -0.4 is 0 Å². The van der Waals surface area contributed by atoms with Gasteiger partial charge in [0.15, 0.2) is 0 Å². The number of halogens is 2. The molecule has 0 spiro atoms. The normalized spacial score (nSPS) is 9.81. The van der Waals surface area contributed by atoms with Crippen LogP contribution in [0.1, 0.15) is 89.0 Å². The molecule has 0 amide bonds. The molecule has 0 radical (unpaired) electrons. The van der Waals surface area contributed by atoms with Crippen molar-refractivity contribution < 1.29 is 8.78 Å². The van der Waals surface area contributed by atoms with Crippen LogP contribution in [0.25, 0.3) is 0 Å². The van der Waals surface area contributed by atoms with E-state index in [2.05, 4.69) is 99.3 Å². The van der Waals surface area contributed by atoms with Gasteiger partial charge in [-0.25, -0.2) is 8.78 Å². The molecule has 0 bridgehead atoms. The molecule has 0 unspecified atom stereocenters. The molecule has 0 saturated carbocycles. The van der Waals surface area contributed by atoms with Crippen molar-refractivity contribution in [3.8, 4) is 47.4 Å². The summed E-state index contributed by atoms with van der Waals surface area (Å²) in [5, 5.41) is 0. The highest BCUT2D eigenvalue weighted by molar-refractivity contribution is 5.54. The molecule has 0 nitrogen and oxygen atoms in total. The summed E-state index contributed by atoms with van der Waals surface area (Å²) in [4.78, 5) is 0. The highest BCUT2D eigenvalue weighted by Gasteiger charge is 2.04. The van der Waals surface area contributed by atoms with Gasteiger partial charge in [-0.05, 0) is 150 Å². The molecule has 0 aliphatic rings. The van der Waals surface area contributed by atoms with Gasteiger partial charge in [-0.3, -0.25) is 0 Å². The van der Waals surface area contributed by atoms with Gasteiger partial charge >= 0.3 is 0 Å². The summed E-state index contributed by atoms with van der Waals surface area (Å²) in [6.07, 6.45) is 0. The van der Waals surface area contributed by atoms with E-state index in [-0.39, 0.29) is 11.6 Å². The Kier molecular flexibility index (Phi) is 12.7. The Balaban J connectivity index is 0.000000208. The Morgan fingerprint density at radius 1 is 0.296 bits per heavy atom. The minimum Gasteiger partial charge on any atom is -0.207 e. The van der Waals surface area contributed by atoms with Crippen LogP contribution in [-0.4, -0.2) is 0 Å². The first kappa shape index (κ1) is 38.6. The van der Waals surface area contributed by atoms with E-state index in [1.165, 1.54) is 39.9 Å². The summed E-state index contributed by atoms with van der Waals surface area (Å²) in [7, 11) is 0. The molecule has 6 aromatic rings. The standard InChI is InChI=1S/2C26H21F/c1-18-5-7-22(8-6-18)9-12-24-13-10-23(17-26(24)27)11-14-25-20(3)15-19(2)16-21(25)4;1-18-15-20(3)25(21(4)16-18)14-13-23-9-7-22(8-10-23)11-12-24-6-5-19(2)26(27)17-24/h5-8,10,13,15-17H,1-4H3;5-10,15-17H,1-4H3. The van der Waals surface area contributed by atoms with Crippen molar-refractivity contribution in [1.29, 1.82) is 0 Å². The van der Waals surface area contributed by atoms with Gasteiger partial charge in [0.1, 0.15) is 11.6 Å². The molecular weight excluding hydrogens is 663 g/mol. The van der Waals surface area contributed by atoms with Gasteiger partial charge < -0.3 is 0 Å². The van der Waals surface area contributed by atoms with Crippen LogP contribution >= 0.6 is 0 Å². The molecule has 0 saturated heterocycles. The highest BCUT2D eigenvalue weighted by atomic mass is 19.1. The Morgan fingerprint density at radius 3 is 1.11 bits per heavy atom. The number of hydrogen-bond acceptors (Lipinski definition) is 0. The zero-order valence-corrected chi connectivity index (χ0v) is 32.1. The summed E-state index contributed by atoms with van der Waals surface area (Å²) < 4.78 is 28.0. The first-order valence-electron chi connectivity index (χ1n) is 17.8. The van der Waals surface area contributed by atoms with Crippen molar-refractivity contribution in [3.63, 3.8) is 0 Å². The zero-order chi connectivity index (χ0) is 38.8. The second kappa shape index (κ2) is 17.8. The van der Waals surface area contributed by atoms with E-state index in [9.17, 15) is 8.78 Å². The first-order chi connectivity index (χ1) is 25.8. The molecule has 0 atom stereocenters. The third kappa shape index (κ3) is 10.7. The van der Waals surface area contributed by atoms with E-state index >= 15 is 0 Å². The fraction of sp³-hybridized carbons (Fsp3) is 0.154. The average molecular weight is 705 g/mol. The fourth-order valence-electron chi connectivity index (χ4n) is 5.95. The quantitative estimate of drug-likeness (QED) is 0.138. The highest BCUT2D eigenvalue weighted by Crippen LogP contribution is 2.17. The van der Waals surface area contributed by atoms with E-state index in [0.717, 1.165) is 38.9 Å². The number of benzene rings is 6. The van der Waals surface area contributed by atoms with Gasteiger partial charge in [0.05, 0.1) is 5.56 Å². The molecule has 0 aliphatic carbocycles. The minimum absolute atomic E-state index is 0.228. The predicted octanol–water partition coefficient (Wildman–Crippen LogP) is 11.7. The molecular formula is C52H42F2. The Bertz CT molecular complexity index is 2540. The Hall–Kier alpha value is -6.58. The predicted molar refractivity (Wildman–Crippen MR) is 220 cm³/mol. The van der Waals surface area contributed by atoms with E-state index in [1.54, 1.807) is 19.1 Å². The zero-order valence-electron chi connectivity index (χ0n) is 32.1. The SMILES string of the molecule is Cc1cc(C)c(C#Cc2ccc(C#Cc3ccc(C)c(F)c3)cc2)c(C)c1.Cc1ccc(C#Cc2ccc(C#Cc3c(C)cc(C)cc3C)cc2F)cc1. The van der Waals surface area contributed by atoms with Crippen LogP contribution in [0.15, 0.2) is 109 Å². The molecule has 2 heteroatoms. The Morgan fingerprint density at radius 2 is 0.648 bits per heavy atom. The molecule has 6 aromatic carbocycles. The summed E-state index contributed by atoms with van der Waals surface area (Å²) in [5.41, 5.74) is 15.4. The molecule has 0 fully saturated rings. The number of hydrogen-bond donors (Lipinski definition) is 0. The van der Waals surface area contributed by atoms with Crippen LogP contribution in [0.4, 0.5) is 8.78 Å². The van der Waals surface area contributed by atoms with Crippen LogP contribution in [-0.2, 0) is 0 Å². The molecule has 6 rings (SSSR count). The third-order valence-corrected chi connectivity index (χ3v) is 8.79. The van der Waals surface area contributed by atoms with Crippen molar-refractivity contribution in [2.75, 3.05) is 0 Å². The molecule has 264 valence electrons. The van der Waals surface area contributed by atoms with Gasteiger partial charge in [-0.1, -0.05) is 107 Å². The average Bonchev–Trinajstić information content (AvgIpc) is 3.12. The lowest BCUT2D eigenvalue weighted by Crippen LogP contribution is -1.90. The lowest BCUT2D eigenvalue weighted by molar-refractivity contribution is 0.618. The van der Waals surface area contributed by atoms with Gasteiger partial charge in [-0.15, -0.1) is 0 Å². The second-order valence-electron chi connectivity index (χ2n) is 13.6. The summed E-state index contributed by atoms with van der Waals surface area (Å²) in [6.45, 7) is 16.2. The van der Waals surface area contributed by atoms with E-state index in [0.29, 0.717) is 22.3 Å². The van der Waals surface area contributed by atoms with Crippen LogP contribution in [0.5, 0.6) is 0 Å². The van der Waals surface area contributed by atoms with Gasteiger partial charge in [0, 0.05) is 38.9 Å². The van der Waals surface area contributed by atoms with Crippen molar-refractivity contribution in [1.82, 2.24) is 0 Å². The van der Waals surface area contributed by atoms with Crippen molar-refractivity contribution in [2.45, 2.75) is 55.4 Å². The van der Waals surface area contributed by atoms with Crippen molar-refractivity contribution in [2.24, 2.45) is 0 Å². The number of rotatable bonds is 0. The van der Waals surface area contributed by atoms with Gasteiger partial charge in [0.25, 0.3) is 0 Å². The van der Waals surface area contributed by atoms with E-state index in [4.69, 9.17) is 0 Å². The van der Waals surface area contributed by atoms with E-state index < -0.39 is 0 Å². The smallest absolute Gasteiger partial charge is 0.140 e. The lowest BCUT2D eigenvalue weighted by Gasteiger charge is -2.04. The summed E-state index contributed by atoms with van der Waals surface area (Å²) in [6, 6.07) is 34.2. The van der Waals surface area contributed by atoms with E-state index in [1.807, 2.05) is 81.4 Å². The maximum Gasteiger partial charge on any atom is 0.140 e. The summed E-state index contributed by atoms with van der Waals surface area (Å²) >= 11 is 0. The topological polar surface area (TPSA) is 0 Å². The summed E-state index contributed by atoms with van der Waals surface area (Å²) in [5.74, 6) is 24.2. The lowest BCUT2D eigenvalue weighted by atomic mass is 10.00. The molecule has 54 heavy (non-hydrogen) atoms. The Labute approximate surface area is 320 Å². The van der Waals surface area contributed by atoms with Crippen LogP contribution in [0.2, 0.25) is 0 Å². The molecule has 0 aromatic heterocycles.